The Morgan fingerprint density at radius 3 is 2.61 bits per heavy atom. The number of nitrogens with one attached hydrogen (secondary N) is 1. The van der Waals surface area contributed by atoms with Gasteiger partial charge in [0.15, 0.2) is 10.8 Å². The lowest BCUT2D eigenvalue weighted by molar-refractivity contribution is -0.137. The van der Waals surface area contributed by atoms with Gasteiger partial charge in [0.25, 0.3) is 0 Å². The summed E-state index contributed by atoms with van der Waals surface area (Å²) < 4.78 is 41.3. The van der Waals surface area contributed by atoms with Crippen molar-refractivity contribution in [3.63, 3.8) is 0 Å². The first-order valence-electron chi connectivity index (χ1n) is 9.58. The lowest BCUT2D eigenvalue weighted by atomic mass is 10.1. The first-order chi connectivity index (χ1) is 14.8. The van der Waals surface area contributed by atoms with Crippen LogP contribution in [0.15, 0.2) is 53.7 Å². The van der Waals surface area contributed by atoms with E-state index < -0.39 is 17.6 Å². The average molecular weight is 444 g/mol. The number of anilines is 1. The van der Waals surface area contributed by atoms with E-state index in [1.807, 2.05) is 42.5 Å². The summed E-state index contributed by atoms with van der Waals surface area (Å²) in [4.78, 5) is 12.3. The maximum Gasteiger partial charge on any atom is 0.418 e. The Kier molecular flexibility index (Phi) is 5.62. The van der Waals surface area contributed by atoms with Crippen molar-refractivity contribution in [1.82, 2.24) is 14.6 Å². The SMILES string of the molecule is Cc1cc2nnc(SCCC(=O)Nc3ccccc3C(F)(F)F)n2c2c(C)cccc12. The van der Waals surface area contributed by atoms with Gasteiger partial charge in [-0.2, -0.15) is 13.2 Å². The van der Waals surface area contributed by atoms with E-state index in [9.17, 15) is 18.0 Å². The van der Waals surface area contributed by atoms with Crippen molar-refractivity contribution >= 4 is 39.9 Å². The zero-order valence-corrected chi connectivity index (χ0v) is 17.6. The maximum absolute atomic E-state index is 13.1. The summed E-state index contributed by atoms with van der Waals surface area (Å²) in [6.45, 7) is 4.04. The molecular weight excluding hydrogens is 425 g/mol. The molecule has 2 aromatic carbocycles. The molecule has 5 nitrogen and oxygen atoms in total. The van der Waals surface area contributed by atoms with E-state index in [0.29, 0.717) is 16.6 Å². The summed E-state index contributed by atoms with van der Waals surface area (Å²) in [6, 6.07) is 12.9. The third-order valence-corrected chi connectivity index (χ3v) is 5.89. The minimum atomic E-state index is -4.53. The topological polar surface area (TPSA) is 59.3 Å². The number of hydrogen-bond donors (Lipinski definition) is 1. The number of aromatic nitrogens is 3. The molecule has 0 aliphatic rings. The molecule has 0 aliphatic heterocycles. The van der Waals surface area contributed by atoms with Crippen LogP contribution in [0.3, 0.4) is 0 Å². The predicted octanol–water partition coefficient (Wildman–Crippen LogP) is 5.64. The molecule has 1 amide bonds. The lowest BCUT2D eigenvalue weighted by Gasteiger charge is -2.13. The number of alkyl halides is 3. The lowest BCUT2D eigenvalue weighted by Crippen LogP contribution is -2.16. The molecule has 0 radical (unpaired) electrons. The molecular formula is C22H19F3N4OS. The van der Waals surface area contributed by atoms with Crippen molar-refractivity contribution in [2.24, 2.45) is 0 Å². The van der Waals surface area contributed by atoms with E-state index in [4.69, 9.17) is 0 Å². The summed E-state index contributed by atoms with van der Waals surface area (Å²) >= 11 is 1.34. The molecule has 0 fully saturated rings. The molecule has 0 aliphatic carbocycles. The smallest absolute Gasteiger partial charge is 0.325 e. The van der Waals surface area contributed by atoms with Crippen LogP contribution >= 0.6 is 11.8 Å². The fourth-order valence-corrected chi connectivity index (χ4v) is 4.39. The van der Waals surface area contributed by atoms with Gasteiger partial charge in [-0.15, -0.1) is 10.2 Å². The van der Waals surface area contributed by atoms with Crippen molar-refractivity contribution in [2.75, 3.05) is 11.1 Å². The zero-order chi connectivity index (χ0) is 22.2. The van der Waals surface area contributed by atoms with Crippen LogP contribution < -0.4 is 5.32 Å². The molecule has 0 saturated carbocycles. The average Bonchev–Trinajstić information content (AvgIpc) is 3.10. The second-order valence-corrected chi connectivity index (χ2v) is 8.23. The molecule has 2 aromatic heterocycles. The third-order valence-electron chi connectivity index (χ3n) is 4.96. The predicted molar refractivity (Wildman–Crippen MR) is 115 cm³/mol. The van der Waals surface area contributed by atoms with Gasteiger partial charge in [0.05, 0.1) is 16.8 Å². The van der Waals surface area contributed by atoms with Gasteiger partial charge in [0, 0.05) is 17.6 Å². The number of para-hydroxylation sites is 2. The number of nitrogens with zero attached hydrogens (tertiary/aromatic N) is 3. The quantitative estimate of drug-likeness (QED) is 0.405. The molecule has 0 saturated heterocycles. The normalized spacial score (nSPS) is 11.9. The van der Waals surface area contributed by atoms with Crippen LogP contribution in [0.5, 0.6) is 0 Å². The highest BCUT2D eigenvalue weighted by molar-refractivity contribution is 7.99. The highest BCUT2D eigenvalue weighted by Gasteiger charge is 2.33. The first-order valence-corrected chi connectivity index (χ1v) is 10.6. The van der Waals surface area contributed by atoms with Crippen LogP contribution in [0, 0.1) is 13.8 Å². The summed E-state index contributed by atoms with van der Waals surface area (Å²) in [5.41, 5.74) is 2.79. The van der Waals surface area contributed by atoms with Crippen molar-refractivity contribution in [2.45, 2.75) is 31.6 Å². The number of thioether (sulfide) groups is 1. The molecule has 0 bridgehead atoms. The van der Waals surface area contributed by atoms with E-state index in [1.165, 1.54) is 30.0 Å². The molecule has 31 heavy (non-hydrogen) atoms. The van der Waals surface area contributed by atoms with Gasteiger partial charge in [-0.05, 0) is 43.2 Å². The van der Waals surface area contributed by atoms with E-state index in [1.54, 1.807) is 0 Å². The molecule has 0 atom stereocenters. The van der Waals surface area contributed by atoms with Crippen molar-refractivity contribution in [1.29, 1.82) is 0 Å². The summed E-state index contributed by atoms with van der Waals surface area (Å²) in [6.07, 6.45) is -4.50. The minimum absolute atomic E-state index is 0.0363. The number of hydrogen-bond acceptors (Lipinski definition) is 4. The summed E-state index contributed by atoms with van der Waals surface area (Å²) in [5.74, 6) is -0.142. The van der Waals surface area contributed by atoms with E-state index in [-0.39, 0.29) is 12.1 Å². The zero-order valence-electron chi connectivity index (χ0n) is 16.8. The minimum Gasteiger partial charge on any atom is -0.325 e. The first kappa shape index (κ1) is 21.2. The summed E-state index contributed by atoms with van der Waals surface area (Å²) in [5, 5.41) is 12.6. The fraction of sp³-hybridized carbons (Fsp3) is 0.227. The van der Waals surface area contributed by atoms with E-state index in [2.05, 4.69) is 15.5 Å². The van der Waals surface area contributed by atoms with Crippen molar-refractivity contribution in [3.8, 4) is 0 Å². The van der Waals surface area contributed by atoms with Gasteiger partial charge in [-0.1, -0.05) is 42.1 Å². The Labute approximate surface area is 180 Å². The third kappa shape index (κ3) is 4.23. The number of aryl methyl sites for hydroxylation is 2. The van der Waals surface area contributed by atoms with E-state index >= 15 is 0 Å². The second-order valence-electron chi connectivity index (χ2n) is 7.16. The number of pyridine rings is 1. The van der Waals surface area contributed by atoms with Crippen molar-refractivity contribution < 1.29 is 18.0 Å². The number of benzene rings is 2. The van der Waals surface area contributed by atoms with Crippen LogP contribution in [0.4, 0.5) is 18.9 Å². The second kappa shape index (κ2) is 8.22. The Morgan fingerprint density at radius 2 is 1.84 bits per heavy atom. The molecule has 4 aromatic rings. The van der Waals surface area contributed by atoms with Crippen LogP contribution in [0.2, 0.25) is 0 Å². The maximum atomic E-state index is 13.1. The van der Waals surface area contributed by atoms with Gasteiger partial charge in [-0.25, -0.2) is 0 Å². The Hall–Kier alpha value is -3.07. The molecule has 0 spiro atoms. The number of halogens is 3. The monoisotopic (exact) mass is 444 g/mol. The molecule has 0 unspecified atom stereocenters. The molecule has 160 valence electrons. The number of carbonyl (C=O) groups excluding carboxylic acids is 1. The van der Waals surface area contributed by atoms with Crippen LogP contribution in [-0.2, 0) is 11.0 Å². The number of carbonyl (C=O) groups is 1. The number of rotatable bonds is 5. The highest BCUT2D eigenvalue weighted by atomic mass is 32.2. The van der Waals surface area contributed by atoms with Gasteiger partial charge in [0.2, 0.25) is 5.91 Å². The van der Waals surface area contributed by atoms with Crippen LogP contribution in [0.25, 0.3) is 16.6 Å². The highest BCUT2D eigenvalue weighted by Crippen LogP contribution is 2.34. The van der Waals surface area contributed by atoms with Gasteiger partial charge in [0.1, 0.15) is 0 Å². The number of fused-ring (bicyclic) bond motifs is 3. The van der Waals surface area contributed by atoms with Gasteiger partial charge >= 0.3 is 6.18 Å². The van der Waals surface area contributed by atoms with Crippen LogP contribution in [0.1, 0.15) is 23.1 Å². The van der Waals surface area contributed by atoms with E-state index in [0.717, 1.165) is 28.1 Å². The van der Waals surface area contributed by atoms with Gasteiger partial charge in [-0.3, -0.25) is 9.20 Å². The summed E-state index contributed by atoms with van der Waals surface area (Å²) in [7, 11) is 0. The Bertz CT molecular complexity index is 1280. The molecule has 9 heteroatoms. The molecule has 4 rings (SSSR count). The standard InChI is InChI=1S/C22H19F3N4OS/c1-13-6-5-7-15-14(2)12-18-27-28-21(29(18)20(13)15)31-11-10-19(30)26-17-9-4-3-8-16(17)22(23,24)25/h3-9,12H,10-11H2,1-2H3,(H,26,30). The van der Waals surface area contributed by atoms with Crippen molar-refractivity contribution in [3.05, 3.63) is 65.2 Å². The van der Waals surface area contributed by atoms with Crippen LogP contribution in [-0.4, -0.2) is 26.3 Å². The largest absolute Gasteiger partial charge is 0.418 e. The molecule has 2 heterocycles. The Morgan fingerprint density at radius 1 is 1.06 bits per heavy atom. The van der Waals surface area contributed by atoms with Gasteiger partial charge < -0.3 is 5.32 Å². The molecule has 1 N–H and O–H groups in total. The Balaban J connectivity index is 1.51. The number of amides is 1. The fourth-order valence-electron chi connectivity index (χ4n) is 3.51.